The van der Waals surface area contributed by atoms with Gasteiger partial charge in [-0.15, -0.1) is 0 Å². The highest BCUT2D eigenvalue weighted by Gasteiger charge is 2.37. The predicted octanol–water partition coefficient (Wildman–Crippen LogP) is 8.23. The first-order chi connectivity index (χ1) is 18.2. The van der Waals surface area contributed by atoms with Gasteiger partial charge in [0.15, 0.2) is 0 Å². The fraction of sp³-hybridized carbons (Fsp3) is 0.406. The molecule has 0 aromatic heterocycles. The van der Waals surface area contributed by atoms with Crippen LogP contribution in [0.3, 0.4) is 0 Å². The molecule has 1 heterocycles. The van der Waals surface area contributed by atoms with Crippen molar-refractivity contribution in [1.82, 2.24) is 4.90 Å². The van der Waals surface area contributed by atoms with Crippen molar-refractivity contribution in [1.29, 1.82) is 5.26 Å². The Hall–Kier alpha value is -3.14. The number of halogens is 3. The Labute approximate surface area is 224 Å². The van der Waals surface area contributed by atoms with Crippen molar-refractivity contribution in [3.05, 3.63) is 95.1 Å². The van der Waals surface area contributed by atoms with E-state index in [-0.39, 0.29) is 12.0 Å². The molecule has 0 aliphatic carbocycles. The molecule has 3 nitrogen and oxygen atoms in total. The Morgan fingerprint density at radius 2 is 1.55 bits per heavy atom. The lowest BCUT2D eigenvalue weighted by Crippen LogP contribution is -2.47. The van der Waals surface area contributed by atoms with Gasteiger partial charge in [0.1, 0.15) is 0 Å². The minimum atomic E-state index is -4.47. The average Bonchev–Trinajstić information content (AvgIpc) is 2.94. The second-order valence-electron chi connectivity index (χ2n) is 9.87. The van der Waals surface area contributed by atoms with E-state index in [0.717, 1.165) is 32.0 Å². The summed E-state index contributed by atoms with van der Waals surface area (Å²) >= 11 is 0. The Morgan fingerprint density at radius 1 is 0.921 bits per heavy atom. The molecule has 0 unspecified atom stereocenters. The molecule has 0 amide bonds. The molecule has 1 fully saturated rings. The maximum Gasteiger partial charge on any atom is 0.416 e. The van der Waals surface area contributed by atoms with Crippen LogP contribution in [0.1, 0.15) is 62.8 Å². The van der Waals surface area contributed by atoms with Crippen LogP contribution in [0.15, 0.2) is 72.8 Å². The van der Waals surface area contributed by atoms with E-state index in [4.69, 9.17) is 10.00 Å². The fourth-order valence-electron chi connectivity index (χ4n) is 4.98. The Kier molecular flexibility index (Phi) is 10.1. The quantitative estimate of drug-likeness (QED) is 0.314. The molecule has 0 atom stereocenters. The molecule has 3 aromatic carbocycles. The topological polar surface area (TPSA) is 36.3 Å². The molecule has 1 saturated heterocycles. The van der Waals surface area contributed by atoms with Gasteiger partial charge in [-0.3, -0.25) is 0 Å². The molecule has 1 aliphatic rings. The van der Waals surface area contributed by atoms with Gasteiger partial charge in [-0.1, -0.05) is 56.3 Å². The summed E-state index contributed by atoms with van der Waals surface area (Å²) in [5.74, 6) is 0. The molecular formula is C32H37F3N2O. The Balaban J connectivity index is 0.00000195. The number of alkyl halides is 3. The zero-order valence-corrected chi connectivity index (χ0v) is 22.7. The van der Waals surface area contributed by atoms with E-state index in [0.29, 0.717) is 34.9 Å². The van der Waals surface area contributed by atoms with Gasteiger partial charge in [0.05, 0.1) is 30.4 Å². The smallest absolute Gasteiger partial charge is 0.376 e. The number of hydrogen-bond acceptors (Lipinski definition) is 3. The highest BCUT2D eigenvalue weighted by atomic mass is 19.4. The van der Waals surface area contributed by atoms with Crippen LogP contribution < -0.4 is 0 Å². The highest BCUT2D eigenvalue weighted by Crippen LogP contribution is 2.37. The van der Waals surface area contributed by atoms with E-state index in [2.05, 4.69) is 30.9 Å². The fourth-order valence-corrected chi connectivity index (χ4v) is 4.98. The van der Waals surface area contributed by atoms with Crippen molar-refractivity contribution < 1.29 is 17.9 Å². The van der Waals surface area contributed by atoms with Crippen LogP contribution >= 0.6 is 0 Å². The predicted molar refractivity (Wildman–Crippen MR) is 147 cm³/mol. The molecule has 6 heteroatoms. The second-order valence-corrected chi connectivity index (χ2v) is 9.87. The molecule has 202 valence electrons. The molecule has 4 rings (SSSR count). The van der Waals surface area contributed by atoms with Gasteiger partial charge in [-0.2, -0.15) is 18.4 Å². The van der Waals surface area contributed by atoms with Crippen molar-refractivity contribution in [3.63, 3.8) is 0 Å². The van der Waals surface area contributed by atoms with E-state index < -0.39 is 11.7 Å². The van der Waals surface area contributed by atoms with Crippen LogP contribution in [0.2, 0.25) is 0 Å². The SMILES string of the molecule is CC.CC(C)N1CCC(COCc2cc(-c3ccc(C#N)cc3)cc(C(F)(F)F)c2)(c2ccccc2)CC1. The standard InChI is InChI=1S/C30H31F3N2O.C2H6/c1-22(2)35-14-12-29(13-15-35,27-6-4-3-5-7-27)21-36-20-24-16-26(18-28(17-24)30(31,32)33)25-10-8-23(19-34)9-11-25;1-2/h3-11,16-18,22H,12-15,20-21H2,1-2H3;1-2H3. The first kappa shape index (κ1) is 29.4. The zero-order chi connectivity index (χ0) is 27.8. The van der Waals surface area contributed by atoms with Gasteiger partial charge in [0.25, 0.3) is 0 Å². The number of nitriles is 1. The number of likely N-dealkylation sites (tertiary alicyclic amines) is 1. The molecular weight excluding hydrogens is 485 g/mol. The van der Waals surface area contributed by atoms with Crippen molar-refractivity contribution in [2.75, 3.05) is 19.7 Å². The summed E-state index contributed by atoms with van der Waals surface area (Å²) in [6, 6.07) is 23.4. The second kappa shape index (κ2) is 13.1. The molecule has 0 saturated carbocycles. The number of nitrogens with zero attached hydrogens (tertiary/aromatic N) is 2. The van der Waals surface area contributed by atoms with Gasteiger partial charge in [-0.25, -0.2) is 0 Å². The molecule has 38 heavy (non-hydrogen) atoms. The maximum atomic E-state index is 13.7. The van der Waals surface area contributed by atoms with Crippen LogP contribution in [0.4, 0.5) is 13.2 Å². The summed E-state index contributed by atoms with van der Waals surface area (Å²) in [6.45, 7) is 10.9. The third-order valence-corrected chi connectivity index (χ3v) is 7.19. The van der Waals surface area contributed by atoms with E-state index in [1.165, 1.54) is 11.6 Å². The number of ether oxygens (including phenoxy) is 1. The largest absolute Gasteiger partial charge is 0.416 e. The van der Waals surface area contributed by atoms with Crippen LogP contribution in [0.25, 0.3) is 11.1 Å². The first-order valence-electron chi connectivity index (χ1n) is 13.3. The number of hydrogen-bond donors (Lipinski definition) is 0. The summed E-state index contributed by atoms with van der Waals surface area (Å²) < 4.78 is 47.3. The number of rotatable bonds is 7. The molecule has 0 N–H and O–H groups in total. The van der Waals surface area contributed by atoms with E-state index in [1.54, 1.807) is 30.3 Å². The summed E-state index contributed by atoms with van der Waals surface area (Å²) in [5, 5.41) is 9.03. The minimum absolute atomic E-state index is 0.0929. The summed E-state index contributed by atoms with van der Waals surface area (Å²) in [5.41, 5.74) is 2.38. The van der Waals surface area contributed by atoms with E-state index in [1.807, 2.05) is 38.1 Å². The van der Waals surface area contributed by atoms with Gasteiger partial charge in [0.2, 0.25) is 0 Å². The van der Waals surface area contributed by atoms with Crippen molar-refractivity contribution in [3.8, 4) is 17.2 Å². The van der Waals surface area contributed by atoms with Gasteiger partial charge < -0.3 is 9.64 Å². The van der Waals surface area contributed by atoms with Crippen LogP contribution in [0, 0.1) is 11.3 Å². The molecule has 0 bridgehead atoms. The summed E-state index contributed by atoms with van der Waals surface area (Å²) in [6.07, 6.45) is -2.59. The maximum absolute atomic E-state index is 13.7. The van der Waals surface area contributed by atoms with E-state index in [9.17, 15) is 13.2 Å². The van der Waals surface area contributed by atoms with Crippen LogP contribution in [-0.4, -0.2) is 30.6 Å². The van der Waals surface area contributed by atoms with Crippen molar-refractivity contribution >= 4 is 0 Å². The average molecular weight is 523 g/mol. The lowest BCUT2D eigenvalue weighted by atomic mass is 9.73. The summed E-state index contributed by atoms with van der Waals surface area (Å²) in [7, 11) is 0. The lowest BCUT2D eigenvalue weighted by Gasteiger charge is -2.43. The normalized spacial score (nSPS) is 15.4. The Bertz CT molecular complexity index is 1190. The van der Waals surface area contributed by atoms with Gasteiger partial charge in [-0.05, 0) is 92.4 Å². The lowest BCUT2D eigenvalue weighted by molar-refractivity contribution is -0.137. The molecule has 0 radical (unpaired) electrons. The highest BCUT2D eigenvalue weighted by molar-refractivity contribution is 5.66. The van der Waals surface area contributed by atoms with Crippen LogP contribution in [-0.2, 0) is 22.9 Å². The van der Waals surface area contributed by atoms with Crippen LogP contribution in [0.5, 0.6) is 0 Å². The molecule has 3 aromatic rings. The summed E-state index contributed by atoms with van der Waals surface area (Å²) in [4.78, 5) is 2.46. The van der Waals surface area contributed by atoms with Crippen molar-refractivity contribution in [2.24, 2.45) is 0 Å². The van der Waals surface area contributed by atoms with Gasteiger partial charge >= 0.3 is 6.18 Å². The monoisotopic (exact) mass is 522 g/mol. The minimum Gasteiger partial charge on any atom is -0.376 e. The first-order valence-corrected chi connectivity index (χ1v) is 13.3. The third-order valence-electron chi connectivity index (χ3n) is 7.19. The molecule has 0 spiro atoms. The van der Waals surface area contributed by atoms with E-state index >= 15 is 0 Å². The molecule has 1 aliphatic heterocycles. The third kappa shape index (κ3) is 7.24. The number of benzene rings is 3. The Morgan fingerprint density at radius 3 is 2.11 bits per heavy atom. The zero-order valence-electron chi connectivity index (χ0n) is 22.7. The number of piperidine rings is 1. The van der Waals surface area contributed by atoms with Crippen molar-refractivity contribution in [2.45, 2.75) is 64.8 Å². The van der Waals surface area contributed by atoms with Gasteiger partial charge in [0, 0.05) is 11.5 Å².